The Labute approximate surface area is 122 Å². The van der Waals surface area contributed by atoms with Crippen molar-refractivity contribution in [3.05, 3.63) is 46.8 Å². The van der Waals surface area contributed by atoms with Gasteiger partial charge in [-0.15, -0.1) is 0 Å². The third-order valence-corrected chi connectivity index (χ3v) is 3.74. The molecule has 1 heterocycles. The number of benzene rings is 1. The minimum Gasteiger partial charge on any atom is -0.489 e. The number of carbonyl (C=O) groups is 1. The van der Waals surface area contributed by atoms with Crippen LogP contribution in [0.2, 0.25) is 0 Å². The van der Waals surface area contributed by atoms with E-state index in [0.29, 0.717) is 30.8 Å². The van der Waals surface area contributed by atoms with Crippen molar-refractivity contribution in [1.82, 2.24) is 9.78 Å². The van der Waals surface area contributed by atoms with Gasteiger partial charge in [-0.3, -0.25) is 4.68 Å². The van der Waals surface area contributed by atoms with Gasteiger partial charge in [0.2, 0.25) is 0 Å². The number of hydrogen-bond donors (Lipinski definition) is 0. The van der Waals surface area contributed by atoms with E-state index in [4.69, 9.17) is 4.74 Å². The molecule has 106 valence electrons. The lowest BCUT2D eigenvalue weighted by molar-refractivity contribution is -0.110. The van der Waals surface area contributed by atoms with Crippen LogP contribution >= 0.6 is 0 Å². The van der Waals surface area contributed by atoms with Crippen molar-refractivity contribution in [2.24, 2.45) is 13.0 Å². The minimum atomic E-state index is -0.0133. The van der Waals surface area contributed by atoms with E-state index in [9.17, 15) is 10.1 Å². The monoisotopic (exact) mass is 281 g/mol. The van der Waals surface area contributed by atoms with Crippen LogP contribution in [0.15, 0.2) is 24.5 Å². The Balaban J connectivity index is 1.81. The van der Waals surface area contributed by atoms with Gasteiger partial charge in [0.25, 0.3) is 0 Å². The van der Waals surface area contributed by atoms with Crippen LogP contribution in [0, 0.1) is 17.2 Å². The second kappa shape index (κ2) is 5.41. The SMILES string of the molecule is Cn1cc(COc2cc(C#N)c3c(c2)CC(C=O)C3)cn1. The van der Waals surface area contributed by atoms with Gasteiger partial charge in [0.05, 0.1) is 17.8 Å². The molecule has 1 unspecified atom stereocenters. The first-order chi connectivity index (χ1) is 10.2. The summed E-state index contributed by atoms with van der Waals surface area (Å²) in [5.41, 5.74) is 3.62. The molecule has 0 aliphatic heterocycles. The van der Waals surface area contributed by atoms with E-state index in [0.717, 1.165) is 23.0 Å². The summed E-state index contributed by atoms with van der Waals surface area (Å²) in [6.45, 7) is 0.411. The molecule has 0 radical (unpaired) electrons. The molecule has 5 nitrogen and oxygen atoms in total. The van der Waals surface area contributed by atoms with E-state index in [1.54, 1.807) is 16.9 Å². The predicted octanol–water partition coefficient (Wildman–Crippen LogP) is 1.78. The number of ether oxygens (including phenoxy) is 1. The topological polar surface area (TPSA) is 67.9 Å². The molecule has 0 fully saturated rings. The number of nitrogens with zero attached hydrogens (tertiary/aromatic N) is 3. The van der Waals surface area contributed by atoms with Crippen LogP contribution in [-0.2, 0) is 31.3 Å². The van der Waals surface area contributed by atoms with Gasteiger partial charge in [0.1, 0.15) is 18.6 Å². The first-order valence-corrected chi connectivity index (χ1v) is 6.81. The zero-order chi connectivity index (χ0) is 14.8. The Bertz CT molecular complexity index is 728. The lowest BCUT2D eigenvalue weighted by atomic mass is 10.0. The highest BCUT2D eigenvalue weighted by atomic mass is 16.5. The van der Waals surface area contributed by atoms with Gasteiger partial charge in [-0.05, 0) is 36.1 Å². The lowest BCUT2D eigenvalue weighted by Crippen LogP contribution is -1.99. The van der Waals surface area contributed by atoms with Crippen LogP contribution < -0.4 is 4.74 Å². The van der Waals surface area contributed by atoms with Crippen molar-refractivity contribution in [3.8, 4) is 11.8 Å². The van der Waals surface area contributed by atoms with Crippen molar-refractivity contribution in [2.45, 2.75) is 19.4 Å². The maximum atomic E-state index is 10.9. The van der Waals surface area contributed by atoms with Crippen molar-refractivity contribution in [1.29, 1.82) is 5.26 Å². The van der Waals surface area contributed by atoms with Crippen LogP contribution in [0.3, 0.4) is 0 Å². The molecular formula is C16H15N3O2. The number of aldehydes is 1. The molecule has 1 aliphatic carbocycles. The largest absolute Gasteiger partial charge is 0.489 e. The van der Waals surface area contributed by atoms with Crippen LogP contribution in [0.4, 0.5) is 0 Å². The summed E-state index contributed by atoms with van der Waals surface area (Å²) in [7, 11) is 1.85. The molecule has 0 N–H and O–H groups in total. The summed E-state index contributed by atoms with van der Waals surface area (Å²) in [6, 6.07) is 5.90. The van der Waals surface area contributed by atoms with Crippen LogP contribution in [0.25, 0.3) is 0 Å². The van der Waals surface area contributed by atoms with Gasteiger partial charge < -0.3 is 9.53 Å². The van der Waals surface area contributed by atoms with E-state index in [1.807, 2.05) is 19.3 Å². The number of aryl methyl sites for hydroxylation is 1. The number of hydrogen-bond acceptors (Lipinski definition) is 4. The molecule has 21 heavy (non-hydrogen) atoms. The Morgan fingerprint density at radius 2 is 2.38 bits per heavy atom. The highest BCUT2D eigenvalue weighted by Crippen LogP contribution is 2.32. The number of rotatable bonds is 4. The molecule has 1 aromatic heterocycles. The summed E-state index contributed by atoms with van der Waals surface area (Å²) in [5.74, 6) is 0.654. The van der Waals surface area contributed by atoms with Gasteiger partial charge in [0.15, 0.2) is 0 Å². The summed E-state index contributed by atoms with van der Waals surface area (Å²) in [4.78, 5) is 10.9. The van der Waals surface area contributed by atoms with Gasteiger partial charge in [-0.1, -0.05) is 0 Å². The zero-order valence-corrected chi connectivity index (χ0v) is 11.7. The molecule has 5 heteroatoms. The Hall–Kier alpha value is -2.61. The van der Waals surface area contributed by atoms with E-state index in [2.05, 4.69) is 11.2 Å². The van der Waals surface area contributed by atoms with Crippen LogP contribution in [-0.4, -0.2) is 16.1 Å². The molecule has 0 bridgehead atoms. The molecule has 1 aliphatic rings. The quantitative estimate of drug-likeness (QED) is 0.801. The molecule has 0 spiro atoms. The van der Waals surface area contributed by atoms with Crippen molar-refractivity contribution >= 4 is 6.29 Å². The molecule has 0 amide bonds. The number of aromatic nitrogens is 2. The van der Waals surface area contributed by atoms with Crippen LogP contribution in [0.5, 0.6) is 5.75 Å². The first-order valence-electron chi connectivity index (χ1n) is 6.81. The fourth-order valence-corrected chi connectivity index (χ4v) is 2.74. The predicted molar refractivity (Wildman–Crippen MR) is 75.7 cm³/mol. The molecule has 0 saturated heterocycles. The van der Waals surface area contributed by atoms with E-state index >= 15 is 0 Å². The van der Waals surface area contributed by atoms with Gasteiger partial charge in [-0.25, -0.2) is 0 Å². The van der Waals surface area contributed by atoms with Crippen molar-refractivity contribution < 1.29 is 9.53 Å². The van der Waals surface area contributed by atoms with E-state index in [-0.39, 0.29) is 5.92 Å². The van der Waals surface area contributed by atoms with Gasteiger partial charge >= 0.3 is 0 Å². The molecule has 2 aromatic rings. The molecule has 3 rings (SSSR count). The maximum absolute atomic E-state index is 10.9. The van der Waals surface area contributed by atoms with Gasteiger partial charge in [-0.2, -0.15) is 10.4 Å². The summed E-state index contributed by atoms with van der Waals surface area (Å²) in [6.07, 6.45) is 5.96. The highest BCUT2D eigenvalue weighted by molar-refractivity contribution is 5.61. The third-order valence-electron chi connectivity index (χ3n) is 3.74. The van der Waals surface area contributed by atoms with Crippen molar-refractivity contribution in [3.63, 3.8) is 0 Å². The summed E-state index contributed by atoms with van der Waals surface area (Å²) < 4.78 is 7.47. The maximum Gasteiger partial charge on any atom is 0.123 e. The molecule has 0 saturated carbocycles. The van der Waals surface area contributed by atoms with Gasteiger partial charge in [0, 0.05) is 24.7 Å². The first kappa shape index (κ1) is 13.4. The zero-order valence-electron chi connectivity index (χ0n) is 11.7. The Kier molecular flexibility index (Phi) is 3.44. The fourth-order valence-electron chi connectivity index (χ4n) is 2.74. The minimum absolute atomic E-state index is 0.0133. The molecule has 1 atom stereocenters. The molecular weight excluding hydrogens is 266 g/mol. The van der Waals surface area contributed by atoms with Crippen LogP contribution in [0.1, 0.15) is 22.3 Å². The molecule has 1 aromatic carbocycles. The summed E-state index contributed by atoms with van der Waals surface area (Å²) in [5, 5.41) is 13.4. The standard InChI is InChI=1S/C16H15N3O2/c1-19-8-12(7-18-19)10-21-15-4-13-2-11(9-20)3-16(13)14(5-15)6-17/h4-5,7-9,11H,2-3,10H2,1H3. The fraction of sp³-hybridized carbons (Fsp3) is 0.312. The van der Waals surface area contributed by atoms with E-state index in [1.165, 1.54) is 0 Å². The smallest absolute Gasteiger partial charge is 0.123 e. The second-order valence-corrected chi connectivity index (χ2v) is 5.34. The number of carbonyl (C=O) groups excluding carboxylic acids is 1. The number of fused-ring (bicyclic) bond motifs is 1. The van der Waals surface area contributed by atoms with Crippen molar-refractivity contribution in [2.75, 3.05) is 0 Å². The highest BCUT2D eigenvalue weighted by Gasteiger charge is 2.24. The number of nitriles is 1. The lowest BCUT2D eigenvalue weighted by Gasteiger charge is -2.08. The Morgan fingerprint density at radius 3 is 3.05 bits per heavy atom. The Morgan fingerprint density at radius 1 is 1.52 bits per heavy atom. The van der Waals surface area contributed by atoms with E-state index < -0.39 is 0 Å². The average molecular weight is 281 g/mol. The third kappa shape index (κ3) is 2.65. The average Bonchev–Trinajstić information content (AvgIpc) is 3.09. The normalized spacial score (nSPS) is 16.3. The second-order valence-electron chi connectivity index (χ2n) is 5.34. The summed E-state index contributed by atoms with van der Waals surface area (Å²) >= 11 is 0.